The molecule has 1 fully saturated rings. The fourth-order valence-electron chi connectivity index (χ4n) is 3.47. The average molecular weight is 527 g/mol. The van der Waals surface area contributed by atoms with Crippen molar-refractivity contribution in [3.8, 4) is 17.2 Å². The Morgan fingerprint density at radius 1 is 0.889 bits per heavy atom. The van der Waals surface area contributed by atoms with Crippen LogP contribution in [0.2, 0.25) is 10.0 Å². The van der Waals surface area contributed by atoms with Crippen LogP contribution in [0.4, 0.5) is 10.5 Å². The average Bonchev–Trinajstić information content (AvgIpc) is 2.87. The van der Waals surface area contributed by atoms with E-state index < -0.39 is 17.8 Å². The molecular weight excluding hydrogens is 507 g/mol. The molecule has 36 heavy (non-hydrogen) atoms. The number of anilines is 1. The van der Waals surface area contributed by atoms with E-state index in [2.05, 4.69) is 5.32 Å². The molecule has 0 saturated carbocycles. The van der Waals surface area contributed by atoms with Crippen LogP contribution in [-0.2, 0) is 16.2 Å². The number of carbonyl (C=O) groups is 3. The van der Waals surface area contributed by atoms with Gasteiger partial charge in [0.25, 0.3) is 11.8 Å². The summed E-state index contributed by atoms with van der Waals surface area (Å²) in [5.74, 6) is -0.662. The highest BCUT2D eigenvalue weighted by atomic mass is 35.5. The molecule has 0 spiro atoms. The van der Waals surface area contributed by atoms with Crippen LogP contribution in [0, 0.1) is 0 Å². The van der Waals surface area contributed by atoms with Crippen molar-refractivity contribution < 1.29 is 28.6 Å². The number of benzene rings is 3. The van der Waals surface area contributed by atoms with Gasteiger partial charge in [-0.15, -0.1) is 0 Å². The molecule has 4 amide bonds. The quantitative estimate of drug-likeness (QED) is 0.333. The Balaban J connectivity index is 1.57. The van der Waals surface area contributed by atoms with Crippen molar-refractivity contribution in [3.05, 3.63) is 87.4 Å². The number of barbiturate groups is 1. The summed E-state index contributed by atoms with van der Waals surface area (Å²) in [6, 6.07) is 16.0. The van der Waals surface area contributed by atoms with E-state index in [1.165, 1.54) is 32.4 Å². The fraction of sp³-hybridized carbons (Fsp3) is 0.115. The topological polar surface area (TPSA) is 94.2 Å². The summed E-state index contributed by atoms with van der Waals surface area (Å²) in [5, 5.41) is 3.06. The number of nitrogens with zero attached hydrogens (tertiary/aromatic N) is 1. The van der Waals surface area contributed by atoms with E-state index >= 15 is 0 Å². The Morgan fingerprint density at radius 2 is 1.56 bits per heavy atom. The first kappa shape index (κ1) is 25.1. The highest BCUT2D eigenvalue weighted by Gasteiger charge is 2.38. The molecule has 10 heteroatoms. The minimum absolute atomic E-state index is 0.0746. The van der Waals surface area contributed by atoms with Crippen molar-refractivity contribution in [2.24, 2.45) is 0 Å². The number of amides is 4. The van der Waals surface area contributed by atoms with Crippen molar-refractivity contribution in [1.29, 1.82) is 0 Å². The number of hydrogen-bond donors (Lipinski definition) is 1. The molecule has 0 atom stereocenters. The van der Waals surface area contributed by atoms with Crippen LogP contribution in [0.15, 0.2) is 66.2 Å². The van der Waals surface area contributed by atoms with E-state index in [1.807, 2.05) is 12.1 Å². The lowest BCUT2D eigenvalue weighted by molar-refractivity contribution is -0.122. The van der Waals surface area contributed by atoms with Gasteiger partial charge in [0.2, 0.25) is 0 Å². The minimum Gasteiger partial charge on any atom is -0.495 e. The predicted molar refractivity (Wildman–Crippen MR) is 136 cm³/mol. The number of rotatable bonds is 7. The van der Waals surface area contributed by atoms with E-state index in [4.69, 9.17) is 37.4 Å². The van der Waals surface area contributed by atoms with Crippen molar-refractivity contribution >= 4 is 52.8 Å². The number of urea groups is 1. The van der Waals surface area contributed by atoms with E-state index in [9.17, 15) is 14.4 Å². The molecule has 0 unspecified atom stereocenters. The fourth-order valence-corrected chi connectivity index (χ4v) is 3.83. The molecule has 8 nitrogen and oxygen atoms in total. The molecule has 1 aliphatic heterocycles. The van der Waals surface area contributed by atoms with Gasteiger partial charge in [-0.3, -0.25) is 14.9 Å². The molecule has 1 saturated heterocycles. The number of hydrogen-bond acceptors (Lipinski definition) is 6. The molecule has 3 aromatic carbocycles. The molecule has 0 aliphatic carbocycles. The van der Waals surface area contributed by atoms with Crippen LogP contribution in [0.3, 0.4) is 0 Å². The van der Waals surface area contributed by atoms with E-state index in [1.54, 1.807) is 36.4 Å². The Bertz CT molecular complexity index is 1350. The number of nitrogens with one attached hydrogen (secondary N) is 1. The van der Waals surface area contributed by atoms with Gasteiger partial charge in [0, 0.05) is 17.2 Å². The van der Waals surface area contributed by atoms with Gasteiger partial charge < -0.3 is 14.2 Å². The van der Waals surface area contributed by atoms with Crippen LogP contribution >= 0.6 is 23.2 Å². The number of ether oxygens (including phenoxy) is 3. The Kier molecular flexibility index (Phi) is 7.47. The third-order valence-corrected chi connectivity index (χ3v) is 5.85. The third-order valence-electron chi connectivity index (χ3n) is 5.31. The van der Waals surface area contributed by atoms with Gasteiger partial charge in [0.1, 0.15) is 29.4 Å². The van der Waals surface area contributed by atoms with Crippen molar-refractivity contribution in [3.63, 3.8) is 0 Å². The molecule has 1 N–H and O–H groups in total. The van der Waals surface area contributed by atoms with Crippen LogP contribution in [0.1, 0.15) is 11.1 Å². The SMILES string of the molecule is COc1cc(N2C(=O)NC(=O)/C(=C\c3ccc(OCc4ccc(Cl)cc4)cc3)C2=O)c(OC)cc1Cl. The van der Waals surface area contributed by atoms with Gasteiger partial charge in [-0.1, -0.05) is 47.5 Å². The summed E-state index contributed by atoms with van der Waals surface area (Å²) >= 11 is 12.0. The highest BCUT2D eigenvalue weighted by molar-refractivity contribution is 6.39. The van der Waals surface area contributed by atoms with Crippen LogP contribution in [0.5, 0.6) is 17.2 Å². The molecule has 0 aromatic heterocycles. The van der Waals surface area contributed by atoms with Gasteiger partial charge in [0.05, 0.1) is 24.9 Å². The monoisotopic (exact) mass is 526 g/mol. The van der Waals surface area contributed by atoms with Crippen molar-refractivity contribution in [2.75, 3.05) is 19.1 Å². The molecule has 184 valence electrons. The zero-order chi connectivity index (χ0) is 25.8. The zero-order valence-corrected chi connectivity index (χ0v) is 20.7. The van der Waals surface area contributed by atoms with Crippen LogP contribution < -0.4 is 24.4 Å². The van der Waals surface area contributed by atoms with E-state index in [0.29, 0.717) is 22.9 Å². The number of imide groups is 2. The number of methoxy groups -OCH3 is 2. The first-order valence-corrected chi connectivity index (χ1v) is 11.4. The second-order valence-electron chi connectivity index (χ2n) is 7.60. The summed E-state index contributed by atoms with van der Waals surface area (Å²) in [4.78, 5) is 39.2. The summed E-state index contributed by atoms with van der Waals surface area (Å²) in [7, 11) is 2.76. The van der Waals surface area contributed by atoms with E-state index in [0.717, 1.165) is 10.5 Å². The lowest BCUT2D eigenvalue weighted by Crippen LogP contribution is -2.54. The lowest BCUT2D eigenvalue weighted by Gasteiger charge is -2.28. The summed E-state index contributed by atoms with van der Waals surface area (Å²) in [5.41, 5.74) is 1.35. The molecule has 0 bridgehead atoms. The maximum atomic E-state index is 13.3. The summed E-state index contributed by atoms with van der Waals surface area (Å²) in [6.07, 6.45) is 1.39. The lowest BCUT2D eigenvalue weighted by atomic mass is 10.1. The van der Waals surface area contributed by atoms with E-state index in [-0.39, 0.29) is 27.8 Å². The third kappa shape index (κ3) is 5.30. The molecule has 3 aromatic rings. The summed E-state index contributed by atoms with van der Waals surface area (Å²) in [6.45, 7) is 0.349. The van der Waals surface area contributed by atoms with Gasteiger partial charge in [-0.2, -0.15) is 0 Å². The first-order valence-electron chi connectivity index (χ1n) is 10.6. The number of carbonyl (C=O) groups excluding carboxylic acids is 3. The maximum Gasteiger partial charge on any atom is 0.336 e. The van der Waals surface area contributed by atoms with Crippen molar-refractivity contribution in [1.82, 2.24) is 5.32 Å². The van der Waals surface area contributed by atoms with Crippen LogP contribution in [0.25, 0.3) is 6.08 Å². The summed E-state index contributed by atoms with van der Waals surface area (Å²) < 4.78 is 16.3. The Labute approximate surface area is 217 Å². The number of halogens is 2. The standard InChI is InChI=1S/C26H20Cl2N2O6/c1-34-22-13-21(23(35-2)12-20(22)28)30-25(32)19(24(31)29-26(30)33)11-15-5-9-18(10-6-15)36-14-16-3-7-17(27)8-4-16/h3-13H,14H2,1-2H3,(H,29,31,33)/b19-11+. The molecule has 0 radical (unpaired) electrons. The highest BCUT2D eigenvalue weighted by Crippen LogP contribution is 2.39. The zero-order valence-electron chi connectivity index (χ0n) is 19.2. The molecular formula is C26H20Cl2N2O6. The normalized spacial score (nSPS) is 14.6. The van der Waals surface area contributed by atoms with Crippen molar-refractivity contribution in [2.45, 2.75) is 6.61 Å². The Morgan fingerprint density at radius 3 is 2.19 bits per heavy atom. The largest absolute Gasteiger partial charge is 0.495 e. The molecule has 1 heterocycles. The smallest absolute Gasteiger partial charge is 0.336 e. The first-order chi connectivity index (χ1) is 17.3. The minimum atomic E-state index is -0.921. The van der Waals surface area contributed by atoms with Crippen LogP contribution in [-0.4, -0.2) is 32.1 Å². The molecule has 1 aliphatic rings. The maximum absolute atomic E-state index is 13.3. The predicted octanol–water partition coefficient (Wildman–Crippen LogP) is 5.26. The second kappa shape index (κ2) is 10.7. The second-order valence-corrected chi connectivity index (χ2v) is 8.44. The van der Waals surface area contributed by atoms with Gasteiger partial charge >= 0.3 is 6.03 Å². The van der Waals surface area contributed by atoms with Gasteiger partial charge in [-0.05, 0) is 41.5 Å². The van der Waals surface area contributed by atoms with Gasteiger partial charge in [-0.25, -0.2) is 9.69 Å². The van der Waals surface area contributed by atoms with Gasteiger partial charge in [0.15, 0.2) is 0 Å². The Hall–Kier alpha value is -4.01. The molecule has 4 rings (SSSR count).